The average Bonchev–Trinajstić information content (AvgIpc) is 2.78. The van der Waals surface area contributed by atoms with Gasteiger partial charge in [-0.05, 0) is 56.3 Å². The van der Waals surface area contributed by atoms with Gasteiger partial charge in [-0.2, -0.15) is 13.2 Å². The van der Waals surface area contributed by atoms with Gasteiger partial charge in [0.1, 0.15) is 12.3 Å². The Bertz CT molecular complexity index is 1260. The van der Waals surface area contributed by atoms with Gasteiger partial charge in [0, 0.05) is 11.8 Å². The van der Waals surface area contributed by atoms with Gasteiger partial charge in [-0.3, -0.25) is 9.10 Å². The predicted octanol–water partition coefficient (Wildman–Crippen LogP) is 5.25. The van der Waals surface area contributed by atoms with Crippen LogP contribution in [-0.4, -0.2) is 27.5 Å². The molecule has 0 aliphatic carbocycles. The molecule has 3 aromatic carbocycles. The van der Waals surface area contributed by atoms with Crippen LogP contribution in [0.1, 0.15) is 18.1 Å². The molecule has 0 saturated heterocycles. The highest BCUT2D eigenvalue weighted by Crippen LogP contribution is 2.33. The molecule has 0 aliphatic rings. The van der Waals surface area contributed by atoms with Crippen molar-refractivity contribution in [2.24, 2.45) is 0 Å². The monoisotopic (exact) mass is 492 g/mol. The number of amides is 1. The number of nitrogens with zero attached hydrogens (tertiary/aromatic N) is 1. The topological polar surface area (TPSA) is 75.7 Å². The maximum atomic E-state index is 13.4. The fourth-order valence-electron chi connectivity index (χ4n) is 3.15. The zero-order chi connectivity index (χ0) is 24.9. The fraction of sp³-hybridized carbons (Fsp3) is 0.208. The molecular formula is C24H23F3N2O4S. The summed E-state index contributed by atoms with van der Waals surface area (Å²) in [5.41, 5.74) is -0.156. The number of hydrogen-bond acceptors (Lipinski definition) is 4. The molecule has 1 amide bonds. The smallest absolute Gasteiger partial charge is 0.416 e. The molecule has 0 saturated carbocycles. The van der Waals surface area contributed by atoms with Gasteiger partial charge in [0.2, 0.25) is 5.91 Å². The summed E-state index contributed by atoms with van der Waals surface area (Å²) < 4.78 is 72.7. The van der Waals surface area contributed by atoms with E-state index in [9.17, 15) is 26.4 Å². The number of carbonyl (C=O) groups is 1. The quantitative estimate of drug-likeness (QED) is 0.466. The summed E-state index contributed by atoms with van der Waals surface area (Å²) in [6.07, 6.45) is -4.68. The molecular weight excluding hydrogens is 469 g/mol. The zero-order valence-corrected chi connectivity index (χ0v) is 19.3. The highest BCUT2D eigenvalue weighted by atomic mass is 32.2. The minimum Gasteiger partial charge on any atom is -0.494 e. The van der Waals surface area contributed by atoms with Crippen LogP contribution in [0.4, 0.5) is 24.5 Å². The summed E-state index contributed by atoms with van der Waals surface area (Å²) in [7, 11) is -4.36. The summed E-state index contributed by atoms with van der Waals surface area (Å²) in [5, 5.41) is 2.57. The number of benzene rings is 3. The number of ether oxygens (including phenoxy) is 1. The molecule has 0 unspecified atom stereocenters. The van der Waals surface area contributed by atoms with Crippen molar-refractivity contribution < 1.29 is 31.1 Å². The minimum absolute atomic E-state index is 0.151. The van der Waals surface area contributed by atoms with Crippen molar-refractivity contribution in [3.05, 3.63) is 83.9 Å². The lowest BCUT2D eigenvalue weighted by molar-refractivity contribution is -0.137. The van der Waals surface area contributed by atoms with E-state index in [1.807, 2.05) is 0 Å². The predicted molar refractivity (Wildman–Crippen MR) is 123 cm³/mol. The largest absolute Gasteiger partial charge is 0.494 e. The number of carbonyl (C=O) groups excluding carboxylic acids is 1. The second-order valence-corrected chi connectivity index (χ2v) is 9.24. The Morgan fingerprint density at radius 2 is 1.68 bits per heavy atom. The molecule has 0 atom stereocenters. The standard InChI is InChI=1S/C24H23F3N2O4S/c1-3-33-21-9-5-7-19(15-21)28-23(30)16-29(20-8-4-6-18(14-20)24(25,26)27)34(31,32)22-12-10-17(2)11-13-22/h4-15H,3,16H2,1-2H3,(H,28,30). The van der Waals surface area contributed by atoms with Crippen LogP contribution in [0.2, 0.25) is 0 Å². The average molecular weight is 493 g/mol. The zero-order valence-electron chi connectivity index (χ0n) is 18.5. The van der Waals surface area contributed by atoms with Crippen molar-refractivity contribution in [2.75, 3.05) is 22.8 Å². The van der Waals surface area contributed by atoms with E-state index in [-0.39, 0.29) is 10.6 Å². The Morgan fingerprint density at radius 3 is 2.32 bits per heavy atom. The van der Waals surface area contributed by atoms with E-state index in [1.165, 1.54) is 18.2 Å². The number of nitrogens with one attached hydrogen (secondary N) is 1. The Morgan fingerprint density at radius 1 is 1.00 bits per heavy atom. The molecule has 10 heteroatoms. The van der Waals surface area contributed by atoms with Gasteiger partial charge in [-0.15, -0.1) is 0 Å². The number of aryl methyl sites for hydroxylation is 1. The summed E-state index contributed by atoms with van der Waals surface area (Å²) in [6, 6.07) is 16.1. The number of anilines is 2. The molecule has 0 heterocycles. The van der Waals surface area contributed by atoms with Gasteiger partial charge >= 0.3 is 6.18 Å². The first-order valence-electron chi connectivity index (χ1n) is 10.3. The van der Waals surface area contributed by atoms with Crippen LogP contribution in [0.3, 0.4) is 0 Å². The molecule has 0 aromatic heterocycles. The molecule has 0 bridgehead atoms. The molecule has 0 spiro atoms. The maximum absolute atomic E-state index is 13.4. The molecule has 0 aliphatic heterocycles. The van der Waals surface area contributed by atoms with Crippen LogP contribution in [0.5, 0.6) is 5.75 Å². The Labute approximate surface area is 196 Å². The van der Waals surface area contributed by atoms with Crippen molar-refractivity contribution in [2.45, 2.75) is 24.9 Å². The van der Waals surface area contributed by atoms with Crippen LogP contribution >= 0.6 is 0 Å². The molecule has 1 N–H and O–H groups in total. The van der Waals surface area contributed by atoms with E-state index in [0.717, 1.165) is 17.7 Å². The summed E-state index contributed by atoms with van der Waals surface area (Å²) >= 11 is 0. The Hall–Kier alpha value is -3.53. The molecule has 0 fully saturated rings. The first-order valence-corrected chi connectivity index (χ1v) is 11.7. The first-order chi connectivity index (χ1) is 16.0. The Kier molecular flexibility index (Phi) is 7.51. The molecule has 34 heavy (non-hydrogen) atoms. The number of hydrogen-bond donors (Lipinski definition) is 1. The van der Waals surface area contributed by atoms with Gasteiger partial charge in [0.25, 0.3) is 10.0 Å². The third-order valence-corrected chi connectivity index (χ3v) is 6.57. The Balaban J connectivity index is 1.97. The summed E-state index contributed by atoms with van der Waals surface area (Å²) in [4.78, 5) is 12.6. The van der Waals surface area contributed by atoms with Gasteiger partial charge in [-0.25, -0.2) is 8.42 Å². The molecule has 3 aromatic rings. The van der Waals surface area contributed by atoms with Gasteiger partial charge < -0.3 is 10.1 Å². The molecule has 0 radical (unpaired) electrons. The lowest BCUT2D eigenvalue weighted by Gasteiger charge is -2.25. The second kappa shape index (κ2) is 10.2. The SMILES string of the molecule is CCOc1cccc(NC(=O)CN(c2cccc(C(F)(F)F)c2)S(=O)(=O)c2ccc(C)cc2)c1. The van der Waals surface area contributed by atoms with Crippen LogP contribution < -0.4 is 14.4 Å². The van der Waals surface area contributed by atoms with Crippen molar-refractivity contribution >= 4 is 27.3 Å². The van der Waals surface area contributed by atoms with Crippen molar-refractivity contribution in [1.29, 1.82) is 0 Å². The molecule has 6 nitrogen and oxygen atoms in total. The molecule has 180 valence electrons. The lowest BCUT2D eigenvalue weighted by Crippen LogP contribution is -2.38. The lowest BCUT2D eigenvalue weighted by atomic mass is 10.2. The third kappa shape index (κ3) is 6.07. The normalized spacial score (nSPS) is 11.7. The molecule has 3 rings (SSSR count). The second-order valence-electron chi connectivity index (χ2n) is 7.38. The fourth-order valence-corrected chi connectivity index (χ4v) is 4.56. The van der Waals surface area contributed by atoms with E-state index < -0.39 is 34.2 Å². The summed E-state index contributed by atoms with van der Waals surface area (Å²) in [5.74, 6) is -0.232. The van der Waals surface area contributed by atoms with E-state index in [1.54, 1.807) is 50.2 Å². The van der Waals surface area contributed by atoms with Gasteiger partial charge in [0.05, 0.1) is 22.8 Å². The highest BCUT2D eigenvalue weighted by molar-refractivity contribution is 7.92. The van der Waals surface area contributed by atoms with Crippen molar-refractivity contribution in [3.63, 3.8) is 0 Å². The van der Waals surface area contributed by atoms with E-state index in [4.69, 9.17) is 4.74 Å². The van der Waals surface area contributed by atoms with E-state index in [0.29, 0.717) is 28.4 Å². The highest BCUT2D eigenvalue weighted by Gasteiger charge is 2.33. The van der Waals surface area contributed by atoms with Crippen LogP contribution in [0.15, 0.2) is 77.7 Å². The van der Waals surface area contributed by atoms with E-state index in [2.05, 4.69) is 5.32 Å². The van der Waals surface area contributed by atoms with Crippen LogP contribution in [-0.2, 0) is 21.0 Å². The third-order valence-electron chi connectivity index (χ3n) is 4.79. The van der Waals surface area contributed by atoms with Gasteiger partial charge in [0.15, 0.2) is 0 Å². The number of sulfonamides is 1. The van der Waals surface area contributed by atoms with Crippen LogP contribution in [0.25, 0.3) is 0 Å². The number of halogens is 3. The van der Waals surface area contributed by atoms with Crippen molar-refractivity contribution in [1.82, 2.24) is 0 Å². The maximum Gasteiger partial charge on any atom is 0.416 e. The van der Waals surface area contributed by atoms with Crippen LogP contribution in [0, 0.1) is 6.92 Å². The van der Waals surface area contributed by atoms with Gasteiger partial charge in [-0.1, -0.05) is 29.8 Å². The minimum atomic E-state index is -4.68. The number of rotatable bonds is 8. The van der Waals surface area contributed by atoms with Crippen molar-refractivity contribution in [3.8, 4) is 5.75 Å². The number of alkyl halides is 3. The van der Waals surface area contributed by atoms with E-state index >= 15 is 0 Å². The summed E-state index contributed by atoms with van der Waals surface area (Å²) in [6.45, 7) is 3.24. The first kappa shape index (κ1) is 25.1.